The van der Waals surface area contributed by atoms with Gasteiger partial charge >= 0.3 is 0 Å². The first-order chi connectivity index (χ1) is 10.2. The van der Waals surface area contributed by atoms with Crippen molar-refractivity contribution in [1.29, 1.82) is 0 Å². The summed E-state index contributed by atoms with van der Waals surface area (Å²) in [6.07, 6.45) is 5.73. The number of aryl methyl sites for hydroxylation is 1. The molecule has 0 amide bonds. The number of aromatic nitrogens is 3. The van der Waals surface area contributed by atoms with Crippen molar-refractivity contribution < 1.29 is 0 Å². The van der Waals surface area contributed by atoms with E-state index in [1.54, 1.807) is 0 Å². The Bertz CT molecular complexity index is 755. The van der Waals surface area contributed by atoms with Crippen LogP contribution < -0.4 is 5.32 Å². The van der Waals surface area contributed by atoms with E-state index in [0.717, 1.165) is 6.54 Å². The molecule has 3 rings (SSSR count). The van der Waals surface area contributed by atoms with Crippen LogP contribution in [0.1, 0.15) is 29.8 Å². The summed E-state index contributed by atoms with van der Waals surface area (Å²) in [5.41, 5.74) is 3.68. The van der Waals surface area contributed by atoms with Gasteiger partial charge in [-0.1, -0.05) is 25.1 Å². The summed E-state index contributed by atoms with van der Waals surface area (Å²) in [6, 6.07) is 8.61. The molecule has 0 saturated heterocycles. The van der Waals surface area contributed by atoms with Gasteiger partial charge in [0.2, 0.25) is 0 Å². The van der Waals surface area contributed by atoms with E-state index in [1.807, 2.05) is 30.3 Å². The van der Waals surface area contributed by atoms with E-state index in [9.17, 15) is 0 Å². The molecule has 4 nitrogen and oxygen atoms in total. The summed E-state index contributed by atoms with van der Waals surface area (Å²) in [6.45, 7) is 5.14. The van der Waals surface area contributed by atoms with Crippen LogP contribution >= 0.6 is 0 Å². The molecule has 0 saturated carbocycles. The van der Waals surface area contributed by atoms with Crippen molar-refractivity contribution in [2.24, 2.45) is 7.05 Å². The van der Waals surface area contributed by atoms with Gasteiger partial charge in [-0.15, -0.1) is 0 Å². The number of hydrogen-bond acceptors (Lipinski definition) is 3. The number of fused-ring (bicyclic) bond motifs is 1. The van der Waals surface area contributed by atoms with E-state index in [1.165, 1.54) is 27.6 Å². The fourth-order valence-corrected chi connectivity index (χ4v) is 2.79. The summed E-state index contributed by atoms with van der Waals surface area (Å²) in [4.78, 5) is 4.22. The molecule has 1 atom stereocenters. The highest BCUT2D eigenvalue weighted by Gasteiger charge is 2.19. The molecule has 108 valence electrons. The Balaban J connectivity index is 2.18. The molecule has 0 aliphatic rings. The Morgan fingerprint density at radius 1 is 1.19 bits per heavy atom. The summed E-state index contributed by atoms with van der Waals surface area (Å²) >= 11 is 0. The Morgan fingerprint density at radius 3 is 2.76 bits per heavy atom. The van der Waals surface area contributed by atoms with Crippen LogP contribution in [0.15, 0.2) is 42.9 Å². The lowest BCUT2D eigenvalue weighted by atomic mass is 9.95. The van der Waals surface area contributed by atoms with Crippen molar-refractivity contribution in [3.05, 3.63) is 59.7 Å². The molecule has 0 aliphatic heterocycles. The standard InChI is InChI=1S/C17H20N4/c1-4-19-17(16-11-20-21(3)12(16)2)15-7-5-6-13-10-18-9-8-14(13)15/h5-11,17,19H,4H2,1-3H3. The van der Waals surface area contributed by atoms with Gasteiger partial charge in [0, 0.05) is 36.1 Å². The van der Waals surface area contributed by atoms with E-state index in [2.05, 4.69) is 53.5 Å². The Kier molecular flexibility index (Phi) is 3.71. The topological polar surface area (TPSA) is 42.7 Å². The molecule has 21 heavy (non-hydrogen) atoms. The highest BCUT2D eigenvalue weighted by Crippen LogP contribution is 2.29. The minimum absolute atomic E-state index is 0.148. The summed E-state index contributed by atoms with van der Waals surface area (Å²) in [5, 5.41) is 10.4. The van der Waals surface area contributed by atoms with Gasteiger partial charge in [-0.3, -0.25) is 9.67 Å². The fraction of sp³-hybridized carbons (Fsp3) is 0.294. The Hall–Kier alpha value is -2.20. The molecule has 3 aromatic rings. The molecule has 0 radical (unpaired) electrons. The number of pyridine rings is 1. The second kappa shape index (κ2) is 5.66. The summed E-state index contributed by atoms with van der Waals surface area (Å²) in [7, 11) is 1.98. The van der Waals surface area contributed by atoms with Gasteiger partial charge in [0.05, 0.1) is 12.2 Å². The van der Waals surface area contributed by atoms with E-state index < -0.39 is 0 Å². The molecular formula is C17H20N4. The van der Waals surface area contributed by atoms with Gasteiger partial charge in [-0.2, -0.15) is 5.10 Å². The lowest BCUT2D eigenvalue weighted by Crippen LogP contribution is -2.22. The molecule has 0 fully saturated rings. The average Bonchev–Trinajstić information content (AvgIpc) is 2.84. The normalized spacial score (nSPS) is 12.7. The van der Waals surface area contributed by atoms with Gasteiger partial charge in [0.15, 0.2) is 0 Å². The lowest BCUT2D eigenvalue weighted by molar-refractivity contribution is 0.628. The van der Waals surface area contributed by atoms with E-state index in [-0.39, 0.29) is 6.04 Å². The zero-order chi connectivity index (χ0) is 14.8. The SMILES string of the molecule is CCNC(c1cnn(C)c1C)c1cccc2cnccc12. The number of rotatable bonds is 4. The predicted molar refractivity (Wildman–Crippen MR) is 85.2 cm³/mol. The van der Waals surface area contributed by atoms with Crippen molar-refractivity contribution in [2.45, 2.75) is 19.9 Å². The third kappa shape index (κ3) is 2.43. The Labute approximate surface area is 124 Å². The number of hydrogen-bond donors (Lipinski definition) is 1. The second-order valence-electron chi connectivity index (χ2n) is 5.24. The van der Waals surface area contributed by atoms with Crippen LogP contribution in [0.4, 0.5) is 0 Å². The monoisotopic (exact) mass is 280 g/mol. The van der Waals surface area contributed by atoms with Crippen LogP contribution in [0, 0.1) is 6.92 Å². The van der Waals surface area contributed by atoms with Gasteiger partial charge in [-0.25, -0.2) is 0 Å². The summed E-state index contributed by atoms with van der Waals surface area (Å²) < 4.78 is 1.92. The highest BCUT2D eigenvalue weighted by molar-refractivity contribution is 5.85. The van der Waals surface area contributed by atoms with Gasteiger partial charge in [-0.05, 0) is 30.5 Å². The fourth-order valence-electron chi connectivity index (χ4n) is 2.79. The van der Waals surface area contributed by atoms with E-state index in [0.29, 0.717) is 0 Å². The molecule has 0 bridgehead atoms. The van der Waals surface area contributed by atoms with Gasteiger partial charge in [0.25, 0.3) is 0 Å². The maximum absolute atomic E-state index is 4.39. The molecule has 2 aromatic heterocycles. The lowest BCUT2D eigenvalue weighted by Gasteiger charge is -2.20. The summed E-state index contributed by atoms with van der Waals surface area (Å²) in [5.74, 6) is 0. The average molecular weight is 280 g/mol. The third-order valence-corrected chi connectivity index (χ3v) is 4.02. The van der Waals surface area contributed by atoms with Crippen LogP contribution in [-0.4, -0.2) is 21.3 Å². The zero-order valence-electron chi connectivity index (χ0n) is 12.7. The maximum Gasteiger partial charge on any atom is 0.0616 e. The van der Waals surface area contributed by atoms with Crippen LogP contribution in [0.3, 0.4) is 0 Å². The molecule has 2 heterocycles. The first-order valence-electron chi connectivity index (χ1n) is 7.27. The largest absolute Gasteiger partial charge is 0.306 e. The minimum atomic E-state index is 0.148. The molecule has 0 spiro atoms. The van der Waals surface area contributed by atoms with Gasteiger partial charge in [0.1, 0.15) is 0 Å². The van der Waals surface area contributed by atoms with Crippen LogP contribution in [0.5, 0.6) is 0 Å². The quantitative estimate of drug-likeness (QED) is 0.799. The molecule has 1 aromatic carbocycles. The van der Waals surface area contributed by atoms with Crippen molar-refractivity contribution >= 4 is 10.8 Å². The van der Waals surface area contributed by atoms with Crippen LogP contribution in [-0.2, 0) is 7.05 Å². The van der Waals surface area contributed by atoms with Crippen molar-refractivity contribution in [3.63, 3.8) is 0 Å². The smallest absolute Gasteiger partial charge is 0.0616 e. The van der Waals surface area contributed by atoms with Crippen LogP contribution in [0.2, 0.25) is 0 Å². The first-order valence-corrected chi connectivity index (χ1v) is 7.27. The molecular weight excluding hydrogens is 260 g/mol. The predicted octanol–water partition coefficient (Wildman–Crippen LogP) is 2.98. The molecule has 1 N–H and O–H groups in total. The number of benzene rings is 1. The zero-order valence-corrected chi connectivity index (χ0v) is 12.7. The molecule has 1 unspecified atom stereocenters. The van der Waals surface area contributed by atoms with Crippen molar-refractivity contribution in [2.75, 3.05) is 6.54 Å². The van der Waals surface area contributed by atoms with E-state index in [4.69, 9.17) is 0 Å². The van der Waals surface area contributed by atoms with E-state index >= 15 is 0 Å². The van der Waals surface area contributed by atoms with Crippen molar-refractivity contribution in [3.8, 4) is 0 Å². The highest BCUT2D eigenvalue weighted by atomic mass is 15.3. The first kappa shape index (κ1) is 13.8. The minimum Gasteiger partial charge on any atom is -0.306 e. The van der Waals surface area contributed by atoms with Gasteiger partial charge < -0.3 is 5.32 Å². The maximum atomic E-state index is 4.39. The molecule has 4 heteroatoms. The van der Waals surface area contributed by atoms with Crippen molar-refractivity contribution in [1.82, 2.24) is 20.1 Å². The number of nitrogens with one attached hydrogen (secondary N) is 1. The third-order valence-electron chi connectivity index (χ3n) is 4.02. The number of nitrogens with zero attached hydrogens (tertiary/aromatic N) is 3. The molecule has 0 aliphatic carbocycles. The van der Waals surface area contributed by atoms with Crippen LogP contribution in [0.25, 0.3) is 10.8 Å². The Morgan fingerprint density at radius 2 is 2.05 bits per heavy atom. The second-order valence-corrected chi connectivity index (χ2v) is 5.24.